The average molecular weight is 328 g/mol. The molecule has 0 bridgehead atoms. The van der Waals surface area contributed by atoms with E-state index in [9.17, 15) is 13.2 Å². The summed E-state index contributed by atoms with van der Waals surface area (Å²) in [5.74, 6) is -3.96. The summed E-state index contributed by atoms with van der Waals surface area (Å²) in [6.07, 6.45) is 0.129. The molecule has 0 spiro atoms. The number of rotatable bonds is 0. The van der Waals surface area contributed by atoms with E-state index in [-0.39, 0.29) is 0 Å². The number of benzene rings is 2. The van der Waals surface area contributed by atoms with Crippen LogP contribution in [0.1, 0.15) is 22.3 Å². The summed E-state index contributed by atoms with van der Waals surface area (Å²) < 4.78 is 43.4. The minimum Gasteiger partial charge on any atom is -0.206 e. The van der Waals surface area contributed by atoms with Crippen LogP contribution in [-0.2, 0) is 18.8 Å². The molecule has 0 unspecified atom stereocenters. The summed E-state index contributed by atoms with van der Waals surface area (Å²) in [5.41, 5.74) is 4.40. The van der Waals surface area contributed by atoms with E-state index in [1.54, 1.807) is 11.4 Å². The van der Waals surface area contributed by atoms with Crippen molar-refractivity contribution in [2.45, 2.75) is 18.8 Å². The monoisotopic (exact) mass is 328 g/mol. The molecule has 0 radical (unpaired) electrons. The average Bonchev–Trinajstić information content (AvgIpc) is 2.85. The van der Waals surface area contributed by atoms with Crippen molar-refractivity contribution in [1.82, 2.24) is 0 Å². The van der Waals surface area contributed by atoms with Gasteiger partial charge in [-0.1, -0.05) is 30.3 Å². The van der Waals surface area contributed by atoms with Gasteiger partial charge in [0, 0.05) is 16.9 Å². The molecule has 0 fully saturated rings. The Kier molecular flexibility index (Phi) is 2.48. The molecule has 5 rings (SSSR count). The maximum Gasteiger partial charge on any atom is 0.280 e. The lowest BCUT2D eigenvalue weighted by atomic mass is 9.81. The third kappa shape index (κ3) is 1.67. The lowest BCUT2D eigenvalue weighted by Crippen LogP contribution is -2.24. The second-order valence-electron chi connectivity index (χ2n) is 6.14. The smallest absolute Gasteiger partial charge is 0.206 e. The highest BCUT2D eigenvalue weighted by molar-refractivity contribution is 7.14. The largest absolute Gasteiger partial charge is 0.280 e. The van der Waals surface area contributed by atoms with E-state index in [1.807, 2.05) is 24.3 Å². The normalized spacial score (nSPS) is 16.5. The van der Waals surface area contributed by atoms with Gasteiger partial charge in [-0.25, -0.2) is 13.2 Å². The summed E-state index contributed by atoms with van der Waals surface area (Å²) in [7, 11) is 0. The van der Waals surface area contributed by atoms with Crippen molar-refractivity contribution in [1.29, 1.82) is 0 Å². The third-order valence-corrected chi connectivity index (χ3v) is 5.84. The fourth-order valence-electron chi connectivity index (χ4n) is 3.84. The van der Waals surface area contributed by atoms with E-state index in [4.69, 9.17) is 0 Å². The Morgan fingerprint density at radius 3 is 2.61 bits per heavy atom. The Balaban J connectivity index is 1.97. The second kappa shape index (κ2) is 4.26. The van der Waals surface area contributed by atoms with Gasteiger partial charge in [0.2, 0.25) is 0 Å². The summed E-state index contributed by atoms with van der Waals surface area (Å²) in [6.45, 7) is 0. The molecule has 114 valence electrons. The van der Waals surface area contributed by atoms with E-state index in [0.29, 0.717) is 17.5 Å². The van der Waals surface area contributed by atoms with Crippen molar-refractivity contribution in [3.05, 3.63) is 69.8 Å². The summed E-state index contributed by atoms with van der Waals surface area (Å²) in [5, 5.41) is 1.80. The highest BCUT2D eigenvalue weighted by atomic mass is 32.1. The van der Waals surface area contributed by atoms with Gasteiger partial charge in [-0.05, 0) is 45.7 Å². The van der Waals surface area contributed by atoms with Crippen molar-refractivity contribution in [3.63, 3.8) is 0 Å². The van der Waals surface area contributed by atoms with E-state index >= 15 is 0 Å². The molecule has 2 aromatic carbocycles. The van der Waals surface area contributed by atoms with Crippen LogP contribution in [0.25, 0.3) is 21.6 Å². The zero-order valence-corrected chi connectivity index (χ0v) is 12.8. The van der Waals surface area contributed by atoms with Crippen molar-refractivity contribution in [2.75, 3.05) is 0 Å². The zero-order chi connectivity index (χ0) is 15.8. The Hall–Kier alpha value is -2.07. The van der Waals surface area contributed by atoms with Crippen LogP contribution in [0.3, 0.4) is 0 Å². The Labute approximate surface area is 135 Å². The first-order valence-electron chi connectivity index (χ1n) is 7.45. The van der Waals surface area contributed by atoms with Crippen LogP contribution in [0.2, 0.25) is 0 Å². The van der Waals surface area contributed by atoms with Gasteiger partial charge in [0.15, 0.2) is 0 Å². The van der Waals surface area contributed by atoms with E-state index in [2.05, 4.69) is 0 Å². The molecule has 0 atom stereocenters. The van der Waals surface area contributed by atoms with Crippen LogP contribution in [0.5, 0.6) is 0 Å². The zero-order valence-electron chi connectivity index (χ0n) is 12.0. The fraction of sp³-hybridized carbons (Fsp3) is 0.158. The quantitative estimate of drug-likeness (QED) is 0.384. The molecule has 2 aliphatic rings. The van der Waals surface area contributed by atoms with E-state index < -0.39 is 23.7 Å². The number of hydrogen-bond donors (Lipinski definition) is 0. The van der Waals surface area contributed by atoms with Crippen LogP contribution in [0, 0.1) is 5.82 Å². The first kappa shape index (κ1) is 13.4. The maximum atomic E-state index is 14.6. The number of fused-ring (bicyclic) bond motifs is 2. The summed E-state index contributed by atoms with van der Waals surface area (Å²) in [6, 6.07) is 10.8. The predicted octanol–water partition coefficient (Wildman–Crippen LogP) is 5.77. The SMILES string of the molecule is Fc1ccc2c3c1C(F)(F)Cc1csc(c1-3)-c1ccccc1C2. The van der Waals surface area contributed by atoms with Gasteiger partial charge in [-0.3, -0.25) is 0 Å². The molecule has 1 aromatic heterocycles. The minimum atomic E-state index is -3.16. The number of thiophene rings is 1. The minimum absolute atomic E-state index is 0.420. The van der Waals surface area contributed by atoms with Crippen LogP contribution < -0.4 is 0 Å². The molecular weight excluding hydrogens is 317 g/mol. The molecule has 0 saturated carbocycles. The predicted molar refractivity (Wildman–Crippen MR) is 85.6 cm³/mol. The highest BCUT2D eigenvalue weighted by Gasteiger charge is 2.45. The van der Waals surface area contributed by atoms with Crippen LogP contribution in [0.15, 0.2) is 41.8 Å². The third-order valence-electron chi connectivity index (χ3n) is 4.78. The number of hydrogen-bond acceptors (Lipinski definition) is 1. The Morgan fingerprint density at radius 1 is 0.913 bits per heavy atom. The molecule has 0 nitrogen and oxygen atoms in total. The van der Waals surface area contributed by atoms with E-state index in [1.165, 1.54) is 17.4 Å². The van der Waals surface area contributed by atoms with E-state index in [0.717, 1.165) is 27.1 Å². The van der Waals surface area contributed by atoms with Gasteiger partial charge in [0.05, 0.1) is 5.56 Å². The molecule has 0 amide bonds. The van der Waals surface area contributed by atoms with Crippen molar-refractivity contribution < 1.29 is 13.2 Å². The van der Waals surface area contributed by atoms with Crippen LogP contribution in [-0.4, -0.2) is 0 Å². The molecule has 3 aromatic rings. The fourth-order valence-corrected chi connectivity index (χ4v) is 4.97. The molecular formula is C19H11F3S. The lowest BCUT2D eigenvalue weighted by Gasteiger charge is -2.28. The summed E-state index contributed by atoms with van der Waals surface area (Å²) >= 11 is 1.48. The Bertz CT molecular complexity index is 969. The van der Waals surface area contributed by atoms with Crippen LogP contribution in [0.4, 0.5) is 13.2 Å². The number of alkyl halides is 2. The van der Waals surface area contributed by atoms with Crippen molar-refractivity contribution >= 4 is 11.3 Å². The van der Waals surface area contributed by atoms with Gasteiger partial charge in [-0.15, -0.1) is 11.3 Å². The van der Waals surface area contributed by atoms with Gasteiger partial charge in [-0.2, -0.15) is 0 Å². The second-order valence-corrected chi connectivity index (χ2v) is 7.02. The molecule has 1 heterocycles. The van der Waals surface area contributed by atoms with Crippen LogP contribution >= 0.6 is 11.3 Å². The number of halogens is 3. The Morgan fingerprint density at radius 2 is 1.74 bits per heavy atom. The van der Waals surface area contributed by atoms with Crippen molar-refractivity contribution in [3.8, 4) is 21.6 Å². The summed E-state index contributed by atoms with van der Waals surface area (Å²) in [4.78, 5) is 0.983. The first-order chi connectivity index (χ1) is 11.1. The maximum absolute atomic E-state index is 14.6. The molecule has 23 heavy (non-hydrogen) atoms. The molecule has 0 saturated heterocycles. The first-order valence-corrected chi connectivity index (χ1v) is 8.33. The van der Waals surface area contributed by atoms with Gasteiger partial charge >= 0.3 is 0 Å². The lowest BCUT2D eigenvalue weighted by molar-refractivity contribution is -0.00820. The van der Waals surface area contributed by atoms with Crippen molar-refractivity contribution in [2.24, 2.45) is 0 Å². The van der Waals surface area contributed by atoms with Gasteiger partial charge in [0.25, 0.3) is 5.92 Å². The topological polar surface area (TPSA) is 0 Å². The van der Waals surface area contributed by atoms with Gasteiger partial charge < -0.3 is 0 Å². The highest BCUT2D eigenvalue weighted by Crippen LogP contribution is 2.55. The standard InChI is InChI=1S/C19H11F3S/c20-14-6-5-11-7-10-3-1-2-4-13(10)18-16-12(9-23-18)8-19(21,22)17(14)15(11)16/h1-6,9H,7-8H2. The molecule has 0 aliphatic heterocycles. The van der Waals surface area contributed by atoms with Gasteiger partial charge in [0.1, 0.15) is 5.82 Å². The molecule has 2 aliphatic carbocycles. The molecule has 0 N–H and O–H groups in total. The molecule has 4 heteroatoms.